The van der Waals surface area contributed by atoms with Gasteiger partial charge in [0.25, 0.3) is 0 Å². The molecule has 6 rings (SSSR count). The van der Waals surface area contributed by atoms with E-state index in [-0.39, 0.29) is 32.2 Å². The number of nitrogens with one attached hydrogen (secondary N) is 1. The highest BCUT2D eigenvalue weighted by Gasteiger charge is 2.77. The summed E-state index contributed by atoms with van der Waals surface area (Å²) in [5.74, 6) is -4.74. The Balaban J connectivity index is 1.38. The molecule has 0 unspecified atom stereocenters. The van der Waals surface area contributed by atoms with Crippen LogP contribution < -0.4 is 5.32 Å². The van der Waals surface area contributed by atoms with E-state index >= 15 is 4.79 Å². The molecular weight excluding hydrogens is 904 g/mol. The zero-order valence-electron chi connectivity index (χ0n) is 40.5. The van der Waals surface area contributed by atoms with Gasteiger partial charge in [0, 0.05) is 45.2 Å². The molecule has 1 saturated carbocycles. The van der Waals surface area contributed by atoms with Crippen LogP contribution in [0.2, 0.25) is 0 Å². The largest absolute Gasteiger partial charge is 0.460 e. The second kappa shape index (κ2) is 22.9. The number of benzene rings is 2. The van der Waals surface area contributed by atoms with Gasteiger partial charge < -0.3 is 39.0 Å². The summed E-state index contributed by atoms with van der Waals surface area (Å²) in [7, 11) is 1.49. The fraction of sp³-hybridized carbons (Fsp3) is 0.627. The molecular formula is C51H68F3N3O12. The van der Waals surface area contributed by atoms with Crippen molar-refractivity contribution in [1.82, 2.24) is 15.3 Å². The average molecular weight is 972 g/mol. The third-order valence-electron chi connectivity index (χ3n) is 13.2. The number of unbranched alkanes of at least 4 members (excludes halogenated alkanes) is 4. The predicted molar refractivity (Wildman–Crippen MR) is 245 cm³/mol. The highest BCUT2D eigenvalue weighted by molar-refractivity contribution is 5.96. The molecule has 2 bridgehead atoms. The van der Waals surface area contributed by atoms with Crippen LogP contribution >= 0.6 is 0 Å². The molecule has 0 aromatic heterocycles. The molecule has 8 atom stereocenters. The van der Waals surface area contributed by atoms with Crippen molar-refractivity contribution in [2.45, 2.75) is 178 Å². The first kappa shape index (κ1) is 53.5. The lowest BCUT2D eigenvalue weighted by atomic mass is 9.62. The van der Waals surface area contributed by atoms with E-state index in [0.717, 1.165) is 50.2 Å². The monoisotopic (exact) mass is 971 g/mol. The van der Waals surface area contributed by atoms with Gasteiger partial charge in [-0.2, -0.15) is 18.2 Å². The molecule has 1 aliphatic carbocycles. The first-order chi connectivity index (χ1) is 32.7. The topological polar surface area (TPSA) is 179 Å². The van der Waals surface area contributed by atoms with Crippen molar-refractivity contribution in [2.24, 2.45) is 5.41 Å². The van der Waals surface area contributed by atoms with E-state index in [1.54, 1.807) is 57.2 Å². The predicted octanol–water partition coefficient (Wildman–Crippen LogP) is 6.91. The summed E-state index contributed by atoms with van der Waals surface area (Å²) in [6.07, 6.45) is 0.135. The summed E-state index contributed by atoms with van der Waals surface area (Å²) in [5.41, 5.74) is -0.846. The van der Waals surface area contributed by atoms with Gasteiger partial charge in [-0.1, -0.05) is 94.1 Å². The van der Waals surface area contributed by atoms with Gasteiger partial charge in [0.05, 0.1) is 19.2 Å². The number of aliphatic hydroxyl groups is 1. The number of hydrogen-bond donors (Lipinski definition) is 2. The zero-order chi connectivity index (χ0) is 50.1. The number of likely N-dealkylation sites (N-methyl/N-ethyl adjacent to an activating group) is 1. The maximum absolute atomic E-state index is 15.9. The highest BCUT2D eigenvalue weighted by Crippen LogP contribution is 2.58. The van der Waals surface area contributed by atoms with Gasteiger partial charge in [0.2, 0.25) is 11.8 Å². The summed E-state index contributed by atoms with van der Waals surface area (Å²) < 4.78 is 68.4. The number of ether oxygens (including phenoxy) is 5. The fourth-order valence-electron chi connectivity index (χ4n) is 9.95. The number of nitrogens with zero attached hydrogens (tertiary/aromatic N) is 2. The van der Waals surface area contributed by atoms with Crippen molar-refractivity contribution >= 4 is 35.8 Å². The number of fused-ring (bicyclic) bond motifs is 4. The lowest BCUT2D eigenvalue weighted by Crippen LogP contribution is -2.70. The first-order valence-electron chi connectivity index (χ1n) is 24.2. The van der Waals surface area contributed by atoms with Gasteiger partial charge in [-0.25, -0.2) is 4.79 Å². The number of carbonyl (C=O) groups is 5. The van der Waals surface area contributed by atoms with E-state index in [9.17, 15) is 37.5 Å². The van der Waals surface area contributed by atoms with E-state index in [2.05, 4.69) is 23.9 Å². The average Bonchev–Trinajstić information content (AvgIpc) is 3.86. The fourth-order valence-corrected chi connectivity index (χ4v) is 9.95. The Morgan fingerprint density at radius 1 is 0.957 bits per heavy atom. The lowest BCUT2D eigenvalue weighted by molar-refractivity contribution is -0.225. The van der Waals surface area contributed by atoms with Gasteiger partial charge >= 0.3 is 24.1 Å². The van der Waals surface area contributed by atoms with Gasteiger partial charge in [-0.3, -0.25) is 24.0 Å². The van der Waals surface area contributed by atoms with Crippen LogP contribution in [-0.2, 0) is 65.5 Å². The van der Waals surface area contributed by atoms with Gasteiger partial charge in [0.15, 0.2) is 18.4 Å². The molecule has 0 radical (unpaired) electrons. The summed E-state index contributed by atoms with van der Waals surface area (Å²) in [6.45, 7) is 7.00. The molecule has 2 aromatic rings. The molecule has 3 saturated heterocycles. The molecule has 69 heavy (non-hydrogen) atoms. The summed E-state index contributed by atoms with van der Waals surface area (Å²) in [5, 5.41) is 14.6. The zero-order valence-corrected chi connectivity index (χ0v) is 40.5. The molecule has 3 aliphatic heterocycles. The summed E-state index contributed by atoms with van der Waals surface area (Å²) in [6, 6.07) is 12.3. The quantitative estimate of drug-likeness (QED) is 0.0508. The van der Waals surface area contributed by atoms with Crippen molar-refractivity contribution in [3.05, 3.63) is 77.4 Å². The van der Waals surface area contributed by atoms with Crippen molar-refractivity contribution in [3.63, 3.8) is 0 Å². The molecule has 2 aromatic carbocycles. The molecule has 4 aliphatic rings. The summed E-state index contributed by atoms with van der Waals surface area (Å²) in [4.78, 5) is 78.3. The van der Waals surface area contributed by atoms with Crippen molar-refractivity contribution < 1.29 is 70.8 Å². The van der Waals surface area contributed by atoms with Crippen molar-refractivity contribution in [1.29, 1.82) is 0 Å². The van der Waals surface area contributed by atoms with Crippen LogP contribution in [-0.4, -0.2) is 125 Å². The molecule has 2 N–H and O–H groups in total. The number of hydrogen-bond acceptors (Lipinski definition) is 13. The second-order valence-electron chi connectivity index (χ2n) is 19.6. The Bertz CT molecular complexity index is 2120. The Morgan fingerprint density at radius 2 is 1.61 bits per heavy atom. The molecule has 0 spiro atoms. The van der Waals surface area contributed by atoms with Crippen molar-refractivity contribution in [2.75, 3.05) is 20.3 Å². The van der Waals surface area contributed by atoms with E-state index in [1.165, 1.54) is 23.1 Å². The van der Waals surface area contributed by atoms with Crippen molar-refractivity contribution in [3.8, 4) is 0 Å². The van der Waals surface area contributed by atoms with E-state index in [0.29, 0.717) is 24.0 Å². The third-order valence-corrected chi connectivity index (χ3v) is 13.2. The van der Waals surface area contributed by atoms with Crippen LogP contribution in [0.15, 0.2) is 60.7 Å². The standard InChI is InChI=1S/C51H68F3N3O12/c1-7-9-16-26-49(27-17-10-8-2)67-41-38-29-50(47(63)56(6)37(28-33-18-12-11-13-19-33)45(61)55-36(31-58)23-25-40(60)66-48(3,4)5)43(46(62)65-38)57(69-44(50)42(41)68-49)30-35-21-15-14-20-34(35)22-24-39(59)64-32-51(52,53)54/h11-15,18-22,24,36-38,41-44,58H,7-10,16-17,23,25-32H2,1-6H3,(H,55,61)/t36-,37+,38+,41-,42-,43+,44+,50+/m0/s1. The highest BCUT2D eigenvalue weighted by atomic mass is 19.4. The van der Waals surface area contributed by atoms with E-state index in [1.807, 2.05) is 18.2 Å². The number of aliphatic hydroxyl groups excluding tert-OH is 1. The van der Waals surface area contributed by atoms with Gasteiger partial charge in [-0.15, -0.1) is 0 Å². The molecule has 18 heteroatoms. The number of rotatable bonds is 23. The first-order valence-corrected chi connectivity index (χ1v) is 24.2. The van der Waals surface area contributed by atoms with Crippen LogP contribution in [0.25, 0.3) is 6.08 Å². The number of alkyl halides is 3. The molecule has 4 fully saturated rings. The van der Waals surface area contributed by atoms with Crippen LogP contribution in [0.3, 0.4) is 0 Å². The number of carbonyl (C=O) groups excluding carboxylic acids is 5. The van der Waals surface area contributed by atoms with Gasteiger partial charge in [-0.05, 0) is 62.8 Å². The Kier molecular flexibility index (Phi) is 17.8. The molecule has 3 heterocycles. The molecule has 15 nitrogen and oxygen atoms in total. The number of amides is 2. The second-order valence-corrected chi connectivity index (χ2v) is 19.6. The Hall–Kier alpha value is -4.88. The minimum atomic E-state index is -4.71. The molecule has 380 valence electrons. The SMILES string of the molecule is CCCCCC1(CCCCC)O[C@@H]2[C@H](O1)[C@H]1ON(Cc3ccccc3C=CC(=O)OCC(F)(F)F)[C@@H]3C(=O)O[C@@H]2C[C@]13C(=O)N(C)[C@H](Cc1ccccc1)C(=O)N[C@H](CO)CCC(=O)OC(C)(C)C. The van der Waals surface area contributed by atoms with E-state index in [4.69, 9.17) is 23.8 Å². The molecule has 2 amide bonds. The number of hydroxylamine groups is 2. The van der Waals surface area contributed by atoms with Crippen LogP contribution in [0.1, 0.15) is 122 Å². The third kappa shape index (κ3) is 13.1. The minimum Gasteiger partial charge on any atom is -0.460 e. The van der Waals surface area contributed by atoms with Gasteiger partial charge in [0.1, 0.15) is 41.5 Å². The normalized spacial score (nSPS) is 24.8. The Labute approximate surface area is 402 Å². The minimum absolute atomic E-state index is 0.0394. The lowest BCUT2D eigenvalue weighted by Gasteiger charge is -2.50. The summed E-state index contributed by atoms with van der Waals surface area (Å²) >= 11 is 0. The van der Waals surface area contributed by atoms with E-state index < -0.39 is 108 Å². The Morgan fingerprint density at radius 3 is 2.25 bits per heavy atom. The van der Waals surface area contributed by atoms with Crippen LogP contribution in [0.5, 0.6) is 0 Å². The maximum atomic E-state index is 15.9. The smallest absolute Gasteiger partial charge is 0.422 e. The van der Waals surface area contributed by atoms with Crippen LogP contribution in [0.4, 0.5) is 13.2 Å². The number of esters is 3. The number of halogens is 3. The van der Waals surface area contributed by atoms with Crippen LogP contribution in [0, 0.1) is 5.41 Å². The maximum Gasteiger partial charge on any atom is 0.422 e.